The largest absolute Gasteiger partial charge is 0.299 e. The standard InChI is InChI=1S/C11H11N3O/c15-9-3-1-2-7-4-8-6-12-14-13-11(8)10(7)5-9/h6H,1-5H2. The van der Waals surface area contributed by atoms with Crippen LogP contribution in [0.15, 0.2) is 11.8 Å². The van der Waals surface area contributed by atoms with E-state index in [0.29, 0.717) is 18.6 Å². The first-order valence-corrected chi connectivity index (χ1v) is 5.25. The van der Waals surface area contributed by atoms with Crippen LogP contribution in [0, 0.1) is 0 Å². The van der Waals surface area contributed by atoms with Gasteiger partial charge in [-0.05, 0) is 30.0 Å². The summed E-state index contributed by atoms with van der Waals surface area (Å²) in [5.74, 6) is 0.325. The third kappa shape index (κ3) is 1.37. The van der Waals surface area contributed by atoms with E-state index in [1.165, 1.54) is 5.57 Å². The Morgan fingerprint density at radius 3 is 3.07 bits per heavy atom. The Kier molecular flexibility index (Phi) is 1.87. The van der Waals surface area contributed by atoms with Crippen molar-refractivity contribution < 1.29 is 4.79 Å². The molecule has 0 saturated heterocycles. The Morgan fingerprint density at radius 2 is 2.13 bits per heavy atom. The lowest BCUT2D eigenvalue weighted by Crippen LogP contribution is -2.00. The van der Waals surface area contributed by atoms with Gasteiger partial charge in [0.15, 0.2) is 0 Å². The molecule has 0 radical (unpaired) electrons. The molecule has 15 heavy (non-hydrogen) atoms. The molecule has 0 saturated carbocycles. The molecular formula is C11H11N3O. The van der Waals surface area contributed by atoms with E-state index < -0.39 is 0 Å². The molecule has 0 spiro atoms. The van der Waals surface area contributed by atoms with Gasteiger partial charge in [0.2, 0.25) is 0 Å². The molecule has 0 aromatic carbocycles. The Bertz CT molecular complexity index is 465. The van der Waals surface area contributed by atoms with Crippen molar-refractivity contribution in [3.8, 4) is 0 Å². The van der Waals surface area contributed by atoms with E-state index in [9.17, 15) is 4.79 Å². The fraction of sp³-hybridized carbons (Fsp3) is 0.455. The minimum absolute atomic E-state index is 0.325. The molecule has 3 rings (SSSR count). The van der Waals surface area contributed by atoms with Crippen molar-refractivity contribution in [2.75, 3.05) is 0 Å². The molecule has 0 bridgehead atoms. The molecule has 0 atom stereocenters. The summed E-state index contributed by atoms with van der Waals surface area (Å²) in [5, 5.41) is 11.5. The Hall–Kier alpha value is -1.58. The number of fused-ring (bicyclic) bond motifs is 2. The molecule has 0 N–H and O–H groups in total. The van der Waals surface area contributed by atoms with Gasteiger partial charge in [-0.1, -0.05) is 5.57 Å². The number of hydrogen-bond donors (Lipinski definition) is 0. The predicted molar refractivity (Wildman–Crippen MR) is 53.9 cm³/mol. The molecule has 2 aliphatic rings. The number of aromatic nitrogens is 3. The normalized spacial score (nSPS) is 19.9. The molecule has 1 aromatic heterocycles. The minimum Gasteiger partial charge on any atom is -0.299 e. The zero-order valence-corrected chi connectivity index (χ0v) is 8.36. The van der Waals surface area contributed by atoms with Crippen molar-refractivity contribution in [3.05, 3.63) is 23.0 Å². The van der Waals surface area contributed by atoms with Crippen LogP contribution in [0.3, 0.4) is 0 Å². The van der Waals surface area contributed by atoms with Crippen LogP contribution in [0.5, 0.6) is 0 Å². The van der Waals surface area contributed by atoms with Crippen LogP contribution in [0.4, 0.5) is 0 Å². The van der Waals surface area contributed by atoms with Crippen LogP contribution in [-0.2, 0) is 11.2 Å². The Balaban J connectivity index is 2.07. The number of allylic oxidation sites excluding steroid dienone is 2. The lowest BCUT2D eigenvalue weighted by atomic mass is 10.1. The molecule has 0 aliphatic heterocycles. The number of carbonyl (C=O) groups is 1. The third-order valence-corrected chi connectivity index (χ3v) is 3.14. The zero-order valence-electron chi connectivity index (χ0n) is 8.36. The first-order valence-electron chi connectivity index (χ1n) is 5.25. The number of ketones is 1. The number of rotatable bonds is 0. The van der Waals surface area contributed by atoms with Gasteiger partial charge in [-0.2, -0.15) is 0 Å². The lowest BCUT2D eigenvalue weighted by molar-refractivity contribution is -0.118. The van der Waals surface area contributed by atoms with Crippen LogP contribution in [-0.4, -0.2) is 21.2 Å². The van der Waals surface area contributed by atoms with Crippen molar-refractivity contribution >= 4 is 11.4 Å². The van der Waals surface area contributed by atoms with Crippen molar-refractivity contribution in [2.24, 2.45) is 0 Å². The highest BCUT2D eigenvalue weighted by Gasteiger charge is 2.26. The van der Waals surface area contributed by atoms with Gasteiger partial charge in [-0.25, -0.2) is 0 Å². The van der Waals surface area contributed by atoms with Gasteiger partial charge in [0.1, 0.15) is 5.78 Å². The maximum Gasteiger partial charge on any atom is 0.137 e. The van der Waals surface area contributed by atoms with E-state index in [4.69, 9.17) is 0 Å². The molecule has 4 heteroatoms. The maximum atomic E-state index is 11.5. The number of hydrogen-bond acceptors (Lipinski definition) is 4. The van der Waals surface area contributed by atoms with Gasteiger partial charge >= 0.3 is 0 Å². The van der Waals surface area contributed by atoms with Crippen LogP contribution in [0.1, 0.15) is 36.9 Å². The molecule has 1 aromatic rings. The van der Waals surface area contributed by atoms with Gasteiger partial charge in [0.25, 0.3) is 0 Å². The summed E-state index contributed by atoms with van der Waals surface area (Å²) >= 11 is 0. The molecule has 76 valence electrons. The molecule has 0 fully saturated rings. The van der Waals surface area contributed by atoms with E-state index >= 15 is 0 Å². The molecule has 0 amide bonds. The number of nitrogens with zero attached hydrogens (tertiary/aromatic N) is 3. The third-order valence-electron chi connectivity index (χ3n) is 3.14. The fourth-order valence-corrected chi connectivity index (χ4v) is 2.41. The topological polar surface area (TPSA) is 55.7 Å². The summed E-state index contributed by atoms with van der Waals surface area (Å²) < 4.78 is 0. The highest BCUT2D eigenvalue weighted by Crippen LogP contribution is 2.37. The van der Waals surface area contributed by atoms with Crippen molar-refractivity contribution in [3.63, 3.8) is 0 Å². The van der Waals surface area contributed by atoms with Crippen molar-refractivity contribution in [2.45, 2.75) is 32.1 Å². The summed E-state index contributed by atoms with van der Waals surface area (Å²) in [6.07, 6.45) is 5.94. The predicted octanol–water partition coefficient (Wildman–Crippen LogP) is 1.32. The highest BCUT2D eigenvalue weighted by atomic mass is 16.1. The van der Waals surface area contributed by atoms with Crippen LogP contribution >= 0.6 is 0 Å². The molecule has 1 heterocycles. The number of Topliss-reactive ketones (excluding diaryl/α,β-unsaturated/α-hetero) is 1. The summed E-state index contributed by atoms with van der Waals surface area (Å²) in [4.78, 5) is 11.5. The first-order chi connectivity index (χ1) is 7.34. The van der Waals surface area contributed by atoms with Crippen molar-refractivity contribution in [1.29, 1.82) is 0 Å². The van der Waals surface area contributed by atoms with E-state index in [2.05, 4.69) is 15.4 Å². The molecule has 4 nitrogen and oxygen atoms in total. The molecule has 2 aliphatic carbocycles. The second kappa shape index (κ2) is 3.22. The quantitative estimate of drug-likeness (QED) is 0.635. The van der Waals surface area contributed by atoms with Crippen LogP contribution in [0.25, 0.3) is 5.57 Å². The molecular weight excluding hydrogens is 190 g/mol. The zero-order chi connectivity index (χ0) is 10.3. The van der Waals surface area contributed by atoms with E-state index in [-0.39, 0.29) is 0 Å². The highest BCUT2D eigenvalue weighted by molar-refractivity contribution is 5.93. The van der Waals surface area contributed by atoms with Gasteiger partial charge in [-0.3, -0.25) is 4.79 Å². The van der Waals surface area contributed by atoms with Gasteiger partial charge < -0.3 is 0 Å². The van der Waals surface area contributed by atoms with E-state index in [0.717, 1.165) is 36.1 Å². The summed E-state index contributed by atoms with van der Waals surface area (Å²) in [6.45, 7) is 0. The summed E-state index contributed by atoms with van der Waals surface area (Å²) in [7, 11) is 0. The first kappa shape index (κ1) is 8.71. The van der Waals surface area contributed by atoms with Crippen molar-refractivity contribution in [1.82, 2.24) is 15.4 Å². The van der Waals surface area contributed by atoms with Gasteiger partial charge in [-0.15, -0.1) is 10.2 Å². The van der Waals surface area contributed by atoms with E-state index in [1.54, 1.807) is 6.20 Å². The van der Waals surface area contributed by atoms with E-state index in [1.807, 2.05) is 0 Å². The SMILES string of the molecule is O=C1CCCC2=C(C1)c1nnncc1C2. The number of carbonyl (C=O) groups excluding carboxylic acids is 1. The Morgan fingerprint density at radius 1 is 1.20 bits per heavy atom. The summed E-state index contributed by atoms with van der Waals surface area (Å²) in [5.41, 5.74) is 4.54. The van der Waals surface area contributed by atoms with Gasteiger partial charge in [0.05, 0.1) is 11.9 Å². The Labute approximate surface area is 87.4 Å². The van der Waals surface area contributed by atoms with Crippen LogP contribution in [0.2, 0.25) is 0 Å². The average Bonchev–Trinajstić information content (AvgIpc) is 2.47. The minimum atomic E-state index is 0.325. The lowest BCUT2D eigenvalue weighted by Gasteiger charge is -2.00. The second-order valence-electron chi connectivity index (χ2n) is 4.14. The molecule has 0 unspecified atom stereocenters. The smallest absolute Gasteiger partial charge is 0.137 e. The second-order valence-corrected chi connectivity index (χ2v) is 4.14. The monoisotopic (exact) mass is 201 g/mol. The average molecular weight is 201 g/mol. The fourth-order valence-electron chi connectivity index (χ4n) is 2.41. The summed E-state index contributed by atoms with van der Waals surface area (Å²) in [6, 6.07) is 0. The van der Waals surface area contributed by atoms with Gasteiger partial charge in [0, 0.05) is 18.4 Å². The maximum absolute atomic E-state index is 11.5. The van der Waals surface area contributed by atoms with Crippen LogP contribution < -0.4 is 0 Å².